The summed E-state index contributed by atoms with van der Waals surface area (Å²) in [6.45, 7) is 3.21. The lowest BCUT2D eigenvalue weighted by Crippen LogP contribution is -2.47. The second-order valence-electron chi connectivity index (χ2n) is 4.43. The summed E-state index contributed by atoms with van der Waals surface area (Å²) in [6.07, 6.45) is 5.29. The van der Waals surface area contributed by atoms with Crippen molar-refractivity contribution in [1.82, 2.24) is 5.32 Å². The van der Waals surface area contributed by atoms with Crippen LogP contribution in [0.15, 0.2) is 5.11 Å². The third kappa shape index (κ3) is 3.41. The number of nitrogens with zero attached hydrogens (tertiary/aromatic N) is 4. The Labute approximate surface area is 96.5 Å². The summed E-state index contributed by atoms with van der Waals surface area (Å²) in [6, 6.07) is 2.39. The highest BCUT2D eigenvalue weighted by Gasteiger charge is 2.34. The Bertz CT molecular complexity index is 292. The van der Waals surface area contributed by atoms with Crippen molar-refractivity contribution in [2.75, 3.05) is 13.1 Å². The molecule has 0 aromatic heterocycles. The molecule has 1 saturated carbocycles. The first kappa shape index (κ1) is 12.8. The van der Waals surface area contributed by atoms with E-state index in [4.69, 9.17) is 5.53 Å². The number of azide groups is 1. The predicted octanol–water partition coefficient (Wildman–Crippen LogP) is 2.75. The molecule has 5 nitrogen and oxygen atoms in total. The zero-order valence-corrected chi connectivity index (χ0v) is 9.82. The van der Waals surface area contributed by atoms with E-state index >= 15 is 0 Å². The van der Waals surface area contributed by atoms with Gasteiger partial charge in [-0.05, 0) is 37.1 Å². The van der Waals surface area contributed by atoms with Crippen LogP contribution in [0.1, 0.15) is 39.0 Å². The van der Waals surface area contributed by atoms with Crippen LogP contribution in [0.5, 0.6) is 0 Å². The van der Waals surface area contributed by atoms with E-state index in [2.05, 4.69) is 28.3 Å². The van der Waals surface area contributed by atoms with E-state index in [1.165, 1.54) is 6.42 Å². The van der Waals surface area contributed by atoms with Gasteiger partial charge in [0.2, 0.25) is 0 Å². The topological polar surface area (TPSA) is 84.6 Å². The maximum atomic E-state index is 9.24. The molecule has 0 spiro atoms. The van der Waals surface area contributed by atoms with Gasteiger partial charge in [-0.2, -0.15) is 5.26 Å². The lowest BCUT2D eigenvalue weighted by Gasteiger charge is -2.35. The maximum Gasteiger partial charge on any atom is 0.106 e. The Kier molecular flexibility index (Phi) is 5.10. The fourth-order valence-corrected chi connectivity index (χ4v) is 2.30. The lowest BCUT2D eigenvalue weighted by molar-refractivity contribution is 0.236. The van der Waals surface area contributed by atoms with E-state index < -0.39 is 0 Å². The number of hydrogen-bond acceptors (Lipinski definition) is 3. The number of nitriles is 1. The van der Waals surface area contributed by atoms with E-state index in [1.807, 2.05) is 0 Å². The van der Waals surface area contributed by atoms with Crippen molar-refractivity contribution >= 4 is 0 Å². The van der Waals surface area contributed by atoms with Gasteiger partial charge >= 0.3 is 0 Å². The molecule has 0 radical (unpaired) electrons. The molecule has 0 saturated heterocycles. The number of rotatable bonds is 5. The van der Waals surface area contributed by atoms with Crippen molar-refractivity contribution < 1.29 is 0 Å². The third-order valence-electron chi connectivity index (χ3n) is 3.49. The molecular weight excluding hydrogens is 202 g/mol. The molecule has 1 rings (SSSR count). The molecule has 0 aromatic rings. The molecular formula is C11H19N5. The Morgan fingerprint density at radius 2 is 2.25 bits per heavy atom. The first-order chi connectivity index (χ1) is 7.76. The molecule has 1 aliphatic rings. The van der Waals surface area contributed by atoms with Gasteiger partial charge in [-0.3, -0.25) is 5.32 Å². The molecule has 0 aliphatic heterocycles. The standard InChI is InChI=1S/C11H19N5/c1-2-10-3-5-11(9-12,6-4-10)14-7-8-15-16-13/h10,14H,2-8H2,1H3. The van der Waals surface area contributed by atoms with Crippen molar-refractivity contribution in [3.05, 3.63) is 10.4 Å². The normalized spacial score (nSPS) is 29.1. The Hall–Kier alpha value is -1.24. The Balaban J connectivity index is 2.41. The smallest absolute Gasteiger partial charge is 0.106 e. The first-order valence-electron chi connectivity index (χ1n) is 5.93. The van der Waals surface area contributed by atoms with Gasteiger partial charge in [0.25, 0.3) is 0 Å². The van der Waals surface area contributed by atoms with E-state index in [0.29, 0.717) is 13.1 Å². The van der Waals surface area contributed by atoms with Crippen molar-refractivity contribution in [1.29, 1.82) is 5.26 Å². The second kappa shape index (κ2) is 6.37. The lowest BCUT2D eigenvalue weighted by atomic mass is 9.76. The monoisotopic (exact) mass is 221 g/mol. The molecule has 1 N–H and O–H groups in total. The highest BCUT2D eigenvalue weighted by molar-refractivity contribution is 5.09. The minimum absolute atomic E-state index is 0.378. The Morgan fingerprint density at radius 1 is 1.56 bits per heavy atom. The van der Waals surface area contributed by atoms with Crippen LogP contribution in [-0.4, -0.2) is 18.6 Å². The number of hydrogen-bond donors (Lipinski definition) is 1. The summed E-state index contributed by atoms with van der Waals surface area (Å²) in [7, 11) is 0. The average molecular weight is 221 g/mol. The van der Waals surface area contributed by atoms with Gasteiger partial charge in [-0.1, -0.05) is 18.5 Å². The van der Waals surface area contributed by atoms with E-state index in [-0.39, 0.29) is 5.54 Å². The fraction of sp³-hybridized carbons (Fsp3) is 0.909. The highest BCUT2D eigenvalue weighted by Crippen LogP contribution is 2.33. The molecule has 0 atom stereocenters. The largest absolute Gasteiger partial charge is 0.299 e. The van der Waals surface area contributed by atoms with Crippen LogP contribution in [0.4, 0.5) is 0 Å². The van der Waals surface area contributed by atoms with Crippen molar-refractivity contribution in [3.63, 3.8) is 0 Å². The molecule has 88 valence electrons. The predicted molar refractivity (Wildman–Crippen MR) is 62.6 cm³/mol. The minimum atomic E-state index is -0.378. The van der Waals surface area contributed by atoms with Crippen LogP contribution in [0.3, 0.4) is 0 Å². The van der Waals surface area contributed by atoms with Crippen LogP contribution in [0.2, 0.25) is 0 Å². The van der Waals surface area contributed by atoms with E-state index in [0.717, 1.165) is 31.6 Å². The summed E-state index contributed by atoms with van der Waals surface area (Å²) in [5.74, 6) is 0.778. The summed E-state index contributed by atoms with van der Waals surface area (Å²) in [4.78, 5) is 2.69. The van der Waals surface area contributed by atoms with Crippen LogP contribution in [0.25, 0.3) is 10.4 Å². The number of nitrogens with one attached hydrogen (secondary N) is 1. The van der Waals surface area contributed by atoms with E-state index in [1.54, 1.807) is 0 Å². The summed E-state index contributed by atoms with van der Waals surface area (Å²) in [5.41, 5.74) is 7.78. The van der Waals surface area contributed by atoms with Gasteiger partial charge in [0.05, 0.1) is 6.07 Å². The minimum Gasteiger partial charge on any atom is -0.299 e. The van der Waals surface area contributed by atoms with Crippen LogP contribution in [0, 0.1) is 17.2 Å². The molecule has 1 fully saturated rings. The molecule has 0 heterocycles. The summed E-state index contributed by atoms with van der Waals surface area (Å²) >= 11 is 0. The molecule has 0 amide bonds. The fourth-order valence-electron chi connectivity index (χ4n) is 2.30. The van der Waals surface area contributed by atoms with Gasteiger partial charge in [-0.15, -0.1) is 0 Å². The SMILES string of the molecule is CCC1CCC(C#N)(NCCN=[N+]=[N-])CC1. The van der Waals surface area contributed by atoms with Crippen LogP contribution >= 0.6 is 0 Å². The van der Waals surface area contributed by atoms with Crippen molar-refractivity contribution in [3.8, 4) is 6.07 Å². The molecule has 0 bridgehead atoms. The van der Waals surface area contributed by atoms with Crippen LogP contribution in [-0.2, 0) is 0 Å². The van der Waals surface area contributed by atoms with Crippen molar-refractivity contribution in [2.45, 2.75) is 44.6 Å². The van der Waals surface area contributed by atoms with E-state index in [9.17, 15) is 5.26 Å². The van der Waals surface area contributed by atoms with Gasteiger partial charge in [0.15, 0.2) is 0 Å². The summed E-state index contributed by atoms with van der Waals surface area (Å²) in [5, 5.41) is 15.9. The highest BCUT2D eigenvalue weighted by atomic mass is 15.1. The molecule has 5 heteroatoms. The second-order valence-corrected chi connectivity index (χ2v) is 4.43. The van der Waals surface area contributed by atoms with Gasteiger partial charge in [0.1, 0.15) is 5.54 Å². The summed E-state index contributed by atoms with van der Waals surface area (Å²) < 4.78 is 0. The molecule has 0 aromatic carbocycles. The zero-order chi connectivity index (χ0) is 11.9. The third-order valence-corrected chi connectivity index (χ3v) is 3.49. The van der Waals surface area contributed by atoms with Crippen LogP contribution < -0.4 is 5.32 Å². The molecule has 0 unspecified atom stereocenters. The Morgan fingerprint density at radius 3 is 2.75 bits per heavy atom. The van der Waals surface area contributed by atoms with Crippen molar-refractivity contribution in [2.24, 2.45) is 11.0 Å². The zero-order valence-electron chi connectivity index (χ0n) is 9.82. The van der Waals surface area contributed by atoms with Gasteiger partial charge in [-0.25, -0.2) is 0 Å². The maximum absolute atomic E-state index is 9.24. The van der Waals surface area contributed by atoms with Gasteiger partial charge < -0.3 is 0 Å². The van der Waals surface area contributed by atoms with Gasteiger partial charge in [0, 0.05) is 18.0 Å². The quantitative estimate of drug-likeness (QED) is 0.335. The molecule has 16 heavy (non-hydrogen) atoms. The first-order valence-corrected chi connectivity index (χ1v) is 5.93. The molecule has 1 aliphatic carbocycles. The average Bonchev–Trinajstić information content (AvgIpc) is 2.35.